The van der Waals surface area contributed by atoms with Crippen molar-refractivity contribution in [3.63, 3.8) is 0 Å². The summed E-state index contributed by atoms with van der Waals surface area (Å²) in [5.41, 5.74) is 2.71. The molecule has 164 valence electrons. The van der Waals surface area contributed by atoms with Crippen molar-refractivity contribution in [3.8, 4) is 0 Å². The van der Waals surface area contributed by atoms with E-state index in [9.17, 15) is 9.59 Å². The molecule has 3 aliphatic heterocycles. The molecule has 2 amide bonds. The first-order valence-corrected chi connectivity index (χ1v) is 11.2. The maximum Gasteiger partial charge on any atom is 0.255 e. The molecule has 1 atom stereocenters. The van der Waals surface area contributed by atoms with Crippen molar-refractivity contribution < 1.29 is 14.3 Å². The van der Waals surface area contributed by atoms with E-state index >= 15 is 0 Å². The van der Waals surface area contributed by atoms with E-state index in [-0.39, 0.29) is 17.4 Å². The molecular formula is C25H26N4O3. The molecule has 3 aliphatic rings. The van der Waals surface area contributed by atoms with Crippen molar-refractivity contribution >= 4 is 28.4 Å². The summed E-state index contributed by atoms with van der Waals surface area (Å²) < 4.78 is 6.31. The average Bonchev–Trinajstić information content (AvgIpc) is 3.36. The monoisotopic (exact) mass is 430 g/mol. The molecule has 7 nitrogen and oxygen atoms in total. The van der Waals surface area contributed by atoms with Gasteiger partial charge in [-0.1, -0.05) is 30.3 Å². The summed E-state index contributed by atoms with van der Waals surface area (Å²) in [4.78, 5) is 30.8. The van der Waals surface area contributed by atoms with Gasteiger partial charge in [0.25, 0.3) is 5.91 Å². The number of amides is 2. The van der Waals surface area contributed by atoms with Gasteiger partial charge in [0.1, 0.15) is 5.66 Å². The van der Waals surface area contributed by atoms with Gasteiger partial charge in [0.2, 0.25) is 5.91 Å². The van der Waals surface area contributed by atoms with Crippen molar-refractivity contribution in [1.29, 1.82) is 0 Å². The Labute approximate surface area is 186 Å². The molecule has 4 heterocycles. The second-order valence-electron chi connectivity index (χ2n) is 9.27. The van der Waals surface area contributed by atoms with Gasteiger partial charge in [-0.05, 0) is 36.6 Å². The van der Waals surface area contributed by atoms with Crippen molar-refractivity contribution in [2.75, 3.05) is 25.0 Å². The zero-order valence-electron chi connectivity index (χ0n) is 17.8. The Morgan fingerprint density at radius 3 is 2.69 bits per heavy atom. The van der Waals surface area contributed by atoms with Gasteiger partial charge < -0.3 is 25.3 Å². The van der Waals surface area contributed by atoms with Gasteiger partial charge >= 0.3 is 0 Å². The second kappa shape index (κ2) is 7.10. The lowest BCUT2D eigenvalue weighted by Crippen LogP contribution is -2.59. The van der Waals surface area contributed by atoms with Gasteiger partial charge in [0, 0.05) is 42.3 Å². The average molecular weight is 431 g/mol. The van der Waals surface area contributed by atoms with Crippen LogP contribution in [-0.2, 0) is 16.0 Å². The van der Waals surface area contributed by atoms with Crippen LogP contribution in [0.15, 0.2) is 54.7 Å². The number of carbonyl (C=O) groups excluding carboxylic acids is 2. The highest BCUT2D eigenvalue weighted by Gasteiger charge is 2.53. The summed E-state index contributed by atoms with van der Waals surface area (Å²) in [5.74, 6) is 0.0849. The number of hydrogen-bond donors (Lipinski definition) is 3. The lowest BCUT2D eigenvalue weighted by Gasteiger charge is -2.41. The molecule has 7 heteroatoms. The Morgan fingerprint density at radius 1 is 1.03 bits per heavy atom. The molecule has 6 rings (SSSR count). The largest absolute Gasteiger partial charge is 0.370 e. The van der Waals surface area contributed by atoms with Gasteiger partial charge in [-0.3, -0.25) is 9.59 Å². The van der Waals surface area contributed by atoms with E-state index in [1.54, 1.807) is 0 Å². The minimum absolute atomic E-state index is 0.0636. The molecule has 32 heavy (non-hydrogen) atoms. The first-order valence-electron chi connectivity index (χ1n) is 11.2. The zero-order valence-corrected chi connectivity index (χ0v) is 17.8. The van der Waals surface area contributed by atoms with Crippen LogP contribution in [0.5, 0.6) is 0 Å². The fourth-order valence-electron chi connectivity index (χ4n) is 5.49. The lowest BCUT2D eigenvalue weighted by molar-refractivity contribution is -0.135. The number of nitrogens with zero attached hydrogens (tertiary/aromatic N) is 1. The first kappa shape index (κ1) is 19.4. The summed E-state index contributed by atoms with van der Waals surface area (Å²) in [6.07, 6.45) is 4.58. The third-order valence-electron chi connectivity index (χ3n) is 7.19. The van der Waals surface area contributed by atoms with Crippen LogP contribution in [0.3, 0.4) is 0 Å². The molecule has 0 bridgehead atoms. The summed E-state index contributed by atoms with van der Waals surface area (Å²) in [6.45, 7) is 1.76. The summed E-state index contributed by atoms with van der Waals surface area (Å²) in [5, 5.41) is 7.76. The number of fused-ring (bicyclic) bond motifs is 2. The quantitative estimate of drug-likeness (QED) is 0.583. The van der Waals surface area contributed by atoms with Crippen LogP contribution in [0, 0.1) is 0 Å². The number of para-hydroxylation sites is 2. The maximum atomic E-state index is 13.0. The normalized spacial score (nSPS) is 23.9. The summed E-state index contributed by atoms with van der Waals surface area (Å²) >= 11 is 0. The first-order chi connectivity index (χ1) is 15.5. The Bertz CT molecular complexity index is 1210. The Hall–Kier alpha value is -3.32. The number of rotatable bonds is 2. The number of ether oxygens (including phenoxy) is 1. The standard InChI is InChI=1S/C25H26N4O3/c30-22(13-17-14-26-20-7-3-1-5-18(17)20)29-11-9-24(10-12-29)15-25(16-32-24)27-21-8-4-2-6-19(21)23(31)28-25/h1-8,14,26-27H,9-13,15-16H2,(H,28,31)/t25-/m1/s1. The third-order valence-corrected chi connectivity index (χ3v) is 7.19. The number of carbonyl (C=O) groups is 2. The highest BCUT2D eigenvalue weighted by Crippen LogP contribution is 2.43. The van der Waals surface area contributed by atoms with Crippen molar-refractivity contribution in [2.24, 2.45) is 0 Å². The predicted molar refractivity (Wildman–Crippen MR) is 121 cm³/mol. The van der Waals surface area contributed by atoms with Crippen LogP contribution in [0.2, 0.25) is 0 Å². The third kappa shape index (κ3) is 3.15. The smallest absolute Gasteiger partial charge is 0.255 e. The molecule has 2 fully saturated rings. The minimum atomic E-state index is -0.582. The highest BCUT2D eigenvalue weighted by atomic mass is 16.5. The molecular weight excluding hydrogens is 404 g/mol. The van der Waals surface area contributed by atoms with Crippen molar-refractivity contribution in [1.82, 2.24) is 15.2 Å². The molecule has 3 aromatic rings. The SMILES string of the molecule is O=C1N[C@]2(COC3(CCN(C(=O)Cc4c[nH]c5ccccc45)CC3)C2)Nc2ccccc21. The number of nitrogens with one attached hydrogen (secondary N) is 3. The van der Waals surface area contributed by atoms with Gasteiger partial charge in [0.05, 0.1) is 24.2 Å². The van der Waals surface area contributed by atoms with Crippen molar-refractivity contribution in [3.05, 3.63) is 65.9 Å². The predicted octanol–water partition coefficient (Wildman–Crippen LogP) is 3.04. The van der Waals surface area contributed by atoms with E-state index in [2.05, 4.69) is 21.7 Å². The fourth-order valence-corrected chi connectivity index (χ4v) is 5.49. The molecule has 0 unspecified atom stereocenters. The van der Waals surface area contributed by atoms with E-state index < -0.39 is 5.66 Å². The van der Waals surface area contributed by atoms with Crippen LogP contribution in [0.1, 0.15) is 35.2 Å². The van der Waals surface area contributed by atoms with E-state index in [4.69, 9.17) is 4.74 Å². The molecule has 2 spiro atoms. The summed E-state index contributed by atoms with van der Waals surface area (Å²) in [6, 6.07) is 15.6. The number of likely N-dealkylation sites (tertiary alicyclic amines) is 1. The van der Waals surface area contributed by atoms with E-state index in [1.807, 2.05) is 53.6 Å². The Kier molecular flexibility index (Phi) is 4.30. The molecule has 0 aliphatic carbocycles. The second-order valence-corrected chi connectivity index (χ2v) is 9.27. The molecule has 2 aromatic carbocycles. The Balaban J connectivity index is 1.12. The van der Waals surface area contributed by atoms with Gasteiger partial charge in [-0.15, -0.1) is 0 Å². The molecule has 0 saturated carbocycles. The van der Waals surface area contributed by atoms with Gasteiger partial charge in [-0.25, -0.2) is 0 Å². The van der Waals surface area contributed by atoms with Crippen LogP contribution < -0.4 is 10.6 Å². The van der Waals surface area contributed by atoms with Gasteiger partial charge in [-0.2, -0.15) is 0 Å². The van der Waals surface area contributed by atoms with Crippen LogP contribution in [0.25, 0.3) is 10.9 Å². The lowest BCUT2D eigenvalue weighted by atomic mass is 9.84. The molecule has 1 aromatic heterocycles. The maximum absolute atomic E-state index is 13.0. The number of hydrogen-bond acceptors (Lipinski definition) is 4. The molecule has 2 saturated heterocycles. The van der Waals surface area contributed by atoms with Crippen LogP contribution in [-0.4, -0.2) is 52.7 Å². The minimum Gasteiger partial charge on any atom is -0.370 e. The topological polar surface area (TPSA) is 86.5 Å². The van der Waals surface area contributed by atoms with E-state index in [1.165, 1.54) is 0 Å². The van der Waals surface area contributed by atoms with E-state index in [0.717, 1.165) is 35.0 Å². The number of anilines is 1. The highest BCUT2D eigenvalue weighted by molar-refractivity contribution is 6.02. The van der Waals surface area contributed by atoms with E-state index in [0.29, 0.717) is 38.1 Å². The van der Waals surface area contributed by atoms with Crippen LogP contribution in [0.4, 0.5) is 5.69 Å². The number of aromatic amines is 1. The number of aromatic nitrogens is 1. The molecule has 0 radical (unpaired) electrons. The van der Waals surface area contributed by atoms with Crippen LogP contribution >= 0.6 is 0 Å². The number of benzene rings is 2. The van der Waals surface area contributed by atoms with Crippen molar-refractivity contribution in [2.45, 2.75) is 36.9 Å². The zero-order chi connectivity index (χ0) is 21.8. The van der Waals surface area contributed by atoms with Gasteiger partial charge in [0.15, 0.2) is 0 Å². The summed E-state index contributed by atoms with van der Waals surface area (Å²) in [7, 11) is 0. The number of piperidine rings is 1. The number of H-pyrrole nitrogens is 1. The Morgan fingerprint density at radius 2 is 1.81 bits per heavy atom. The fraction of sp³-hybridized carbons (Fsp3) is 0.360. The molecule has 3 N–H and O–H groups in total.